The Kier molecular flexibility index (Phi) is 7.36. The molecule has 37 heavy (non-hydrogen) atoms. The number of hydrogen-bond donors (Lipinski definition) is 1. The molecule has 0 unspecified atom stereocenters. The number of carbonyl (C=O) groups excluding carboxylic acids is 1. The van der Waals surface area contributed by atoms with Gasteiger partial charge < -0.3 is 23.5 Å². The van der Waals surface area contributed by atoms with Crippen LogP contribution in [0.1, 0.15) is 30.0 Å². The zero-order chi connectivity index (χ0) is 27.2. The summed E-state index contributed by atoms with van der Waals surface area (Å²) in [6.45, 7) is 7.23. The minimum atomic E-state index is -2.82. The van der Waals surface area contributed by atoms with Crippen molar-refractivity contribution in [1.82, 2.24) is 9.55 Å². The minimum absolute atomic E-state index is 0.120. The molecule has 2 aliphatic heterocycles. The maximum atomic E-state index is 13.4. The van der Waals surface area contributed by atoms with Crippen LogP contribution in [0.4, 0.5) is 0 Å². The van der Waals surface area contributed by atoms with Crippen LogP contribution in [0.3, 0.4) is 0 Å². The molecule has 10 nitrogen and oxygen atoms in total. The number of benzene rings is 1. The summed E-state index contributed by atoms with van der Waals surface area (Å²) in [6, 6.07) is 11.6. The Hall–Kier alpha value is -2.61. The van der Waals surface area contributed by atoms with Gasteiger partial charge >= 0.3 is 5.97 Å². The fourth-order valence-corrected chi connectivity index (χ4v) is 4.71. The summed E-state index contributed by atoms with van der Waals surface area (Å²) >= 11 is 0. The Bertz CT molecular complexity index is 1530. The first kappa shape index (κ1) is 27.4. The number of rotatable bonds is 5. The summed E-state index contributed by atoms with van der Waals surface area (Å²) in [6.07, 6.45) is 0.223. The van der Waals surface area contributed by atoms with Crippen molar-refractivity contribution in [3.63, 3.8) is 0 Å². The lowest BCUT2D eigenvalue weighted by Crippen LogP contribution is -2.46. The molecule has 0 radical (unpaired) electrons. The van der Waals surface area contributed by atoms with Gasteiger partial charge in [-0.25, -0.2) is 9.78 Å². The third-order valence-corrected chi connectivity index (χ3v) is 6.78. The number of fused-ring (bicyclic) bond motifs is 5. The van der Waals surface area contributed by atoms with Crippen LogP contribution < -0.4 is 5.56 Å². The Labute approximate surface area is 214 Å². The summed E-state index contributed by atoms with van der Waals surface area (Å²) in [4.78, 5) is 39.2. The number of ether oxygens (including phenoxy) is 2. The fraction of sp³-hybridized carbons (Fsp3) is 0.400. The second-order valence-corrected chi connectivity index (χ2v) is 15.0. The number of nitrogens with zero attached hydrogens (tertiary/aromatic N) is 2. The quantitative estimate of drug-likeness (QED) is 0.222. The van der Waals surface area contributed by atoms with Crippen molar-refractivity contribution in [1.29, 1.82) is 0 Å². The molecule has 2 aliphatic rings. The third-order valence-electron chi connectivity index (χ3n) is 6.05. The van der Waals surface area contributed by atoms with Crippen LogP contribution in [0.5, 0.6) is 0 Å². The molecule has 1 aromatic carbocycles. The van der Waals surface area contributed by atoms with E-state index in [4.69, 9.17) is 23.9 Å². The van der Waals surface area contributed by atoms with Crippen LogP contribution in [0.25, 0.3) is 22.3 Å². The third kappa shape index (κ3) is 5.64. The van der Waals surface area contributed by atoms with Crippen molar-refractivity contribution in [2.45, 2.75) is 32.1 Å². The number of cyclic esters (lactones) is 1. The molecule has 0 saturated carbocycles. The van der Waals surface area contributed by atoms with E-state index in [2.05, 4.69) is 0 Å². The van der Waals surface area contributed by atoms with E-state index in [9.17, 15) is 18.7 Å². The van der Waals surface area contributed by atoms with Gasteiger partial charge in [-0.3, -0.25) is 13.9 Å². The highest BCUT2D eigenvalue weighted by Crippen LogP contribution is 2.43. The van der Waals surface area contributed by atoms with Crippen LogP contribution in [-0.2, 0) is 46.7 Å². The highest BCUT2D eigenvalue weighted by molar-refractivity contribution is 7.57. The summed E-state index contributed by atoms with van der Waals surface area (Å²) in [5, 5.41) is 1.00. The number of hydrogen-bond acceptors (Lipinski definition) is 8. The van der Waals surface area contributed by atoms with Crippen molar-refractivity contribution < 1.29 is 32.8 Å². The Morgan fingerprint density at radius 2 is 1.81 bits per heavy atom. The van der Waals surface area contributed by atoms with Gasteiger partial charge in [-0.2, -0.15) is 0 Å². The predicted octanol–water partition coefficient (Wildman–Crippen LogP) is 4.13. The maximum absolute atomic E-state index is 13.4. The molecule has 1 N–H and O–H groups in total. The van der Waals surface area contributed by atoms with Gasteiger partial charge in [-0.1, -0.05) is 25.1 Å². The van der Waals surface area contributed by atoms with Gasteiger partial charge in [0.15, 0.2) is 27.1 Å². The smallest absolute Gasteiger partial charge is 0.343 e. The molecule has 0 fully saturated rings. The predicted molar refractivity (Wildman–Crippen MR) is 140 cm³/mol. The van der Waals surface area contributed by atoms with Gasteiger partial charge in [-0.15, -0.1) is 0 Å². The van der Waals surface area contributed by atoms with Crippen molar-refractivity contribution in [3.8, 4) is 11.4 Å². The van der Waals surface area contributed by atoms with Crippen LogP contribution >= 0.6 is 14.7 Å². The molecule has 2 aromatic heterocycles. The molecule has 0 amide bonds. The molecule has 0 bridgehead atoms. The molecular weight excluding hydrogens is 518 g/mol. The Balaban J connectivity index is 0.000000586. The zero-order valence-electron chi connectivity index (χ0n) is 21.4. The van der Waals surface area contributed by atoms with Gasteiger partial charge in [0.2, 0.25) is 0 Å². The van der Waals surface area contributed by atoms with Crippen molar-refractivity contribution >= 4 is 31.6 Å². The SMILES string of the molecule is CC[C@@]1(OCOP(C)(C)=O)C(=O)OCc2c1cc1n(c2=O)Cc2cc3ccccc3nc2-1.CP(C)(=O)O. The molecule has 0 aliphatic carbocycles. The Morgan fingerprint density at radius 3 is 2.46 bits per heavy atom. The van der Waals surface area contributed by atoms with E-state index in [1.807, 2.05) is 36.4 Å². The molecule has 4 heterocycles. The van der Waals surface area contributed by atoms with Crippen LogP contribution in [0, 0.1) is 0 Å². The molecule has 0 spiro atoms. The standard InChI is InChI=1S/C23H23N2O6P.C2H7O2P/c1-4-23(30-13-31-32(2,3)28)17-10-19-20-15(9-14-7-5-6-8-18(14)24-20)11-25(19)21(26)16(17)12-29-22(23)27;1-5(2,3)4/h5-10H,4,11-13H2,1-3H3;1-2H3,(H,3,4)/t23-;/m0./s1. The lowest BCUT2D eigenvalue weighted by molar-refractivity contribution is -0.191. The summed E-state index contributed by atoms with van der Waals surface area (Å²) in [5.41, 5.74) is 2.23. The minimum Gasteiger partial charge on any atom is -0.458 e. The summed E-state index contributed by atoms with van der Waals surface area (Å²) in [7, 11) is -5.46. The van der Waals surface area contributed by atoms with Gasteiger partial charge in [0.05, 0.1) is 29.0 Å². The van der Waals surface area contributed by atoms with Gasteiger partial charge in [0.1, 0.15) is 6.61 Å². The fourth-order valence-electron chi connectivity index (χ4n) is 4.41. The van der Waals surface area contributed by atoms with E-state index >= 15 is 0 Å². The van der Waals surface area contributed by atoms with Crippen LogP contribution in [0.2, 0.25) is 0 Å². The largest absolute Gasteiger partial charge is 0.458 e. The zero-order valence-corrected chi connectivity index (χ0v) is 23.2. The summed E-state index contributed by atoms with van der Waals surface area (Å²) in [5.74, 6) is -0.591. The molecular formula is C25H30N2O8P2. The first-order valence-electron chi connectivity index (χ1n) is 11.7. The maximum Gasteiger partial charge on any atom is 0.343 e. The molecule has 5 rings (SSSR count). The molecule has 198 valence electrons. The second kappa shape index (κ2) is 9.93. The van der Waals surface area contributed by atoms with Crippen molar-refractivity contribution in [3.05, 3.63) is 63.4 Å². The van der Waals surface area contributed by atoms with E-state index in [1.165, 1.54) is 26.7 Å². The number of pyridine rings is 2. The van der Waals surface area contributed by atoms with E-state index < -0.39 is 26.3 Å². The van der Waals surface area contributed by atoms with Gasteiger partial charge in [0.25, 0.3) is 5.56 Å². The topological polar surface area (TPSA) is 134 Å². The first-order valence-corrected chi connectivity index (χ1v) is 16.8. The summed E-state index contributed by atoms with van der Waals surface area (Å²) < 4.78 is 39.9. The van der Waals surface area contributed by atoms with Crippen molar-refractivity contribution in [2.24, 2.45) is 0 Å². The van der Waals surface area contributed by atoms with Crippen LogP contribution in [0.15, 0.2) is 41.2 Å². The lowest BCUT2D eigenvalue weighted by atomic mass is 9.85. The Morgan fingerprint density at radius 1 is 1.14 bits per heavy atom. The average Bonchev–Trinajstić information content (AvgIpc) is 3.15. The number of esters is 1. The molecule has 0 saturated heterocycles. The number of carbonyl (C=O) groups is 1. The van der Waals surface area contributed by atoms with E-state index in [0.29, 0.717) is 23.4 Å². The first-order chi connectivity index (χ1) is 17.2. The normalized spacial score (nSPS) is 18.4. The van der Waals surface area contributed by atoms with Gasteiger partial charge in [-0.05, 0) is 24.6 Å². The average molecular weight is 548 g/mol. The highest BCUT2D eigenvalue weighted by atomic mass is 31.2. The number of aromatic nitrogens is 2. The molecule has 1 atom stereocenters. The van der Waals surface area contributed by atoms with E-state index in [-0.39, 0.29) is 25.4 Å². The highest BCUT2D eigenvalue weighted by Gasteiger charge is 2.48. The molecule has 12 heteroatoms. The van der Waals surface area contributed by atoms with Crippen LogP contribution in [-0.4, -0.2) is 53.9 Å². The van der Waals surface area contributed by atoms with E-state index in [0.717, 1.165) is 22.2 Å². The number of para-hydroxylation sites is 1. The monoisotopic (exact) mass is 548 g/mol. The van der Waals surface area contributed by atoms with Crippen molar-refractivity contribution in [2.75, 3.05) is 33.5 Å². The second-order valence-electron chi connectivity index (χ2n) is 9.70. The van der Waals surface area contributed by atoms with Gasteiger partial charge in [0, 0.05) is 43.2 Å². The van der Waals surface area contributed by atoms with E-state index in [1.54, 1.807) is 11.5 Å². The molecule has 3 aromatic rings. The lowest BCUT2D eigenvalue weighted by Gasteiger charge is -2.36.